The van der Waals surface area contributed by atoms with Crippen LogP contribution in [0.5, 0.6) is 0 Å². The number of carbonyl (C=O) groups excluding carboxylic acids is 1. The van der Waals surface area contributed by atoms with E-state index in [0.717, 1.165) is 22.9 Å². The maximum Gasteiger partial charge on any atom is 0.254 e. The highest BCUT2D eigenvalue weighted by molar-refractivity contribution is 5.95. The molecule has 1 saturated heterocycles. The second kappa shape index (κ2) is 9.32. The zero-order chi connectivity index (χ0) is 21.8. The number of benzene rings is 2. The molecule has 0 aliphatic carbocycles. The maximum atomic E-state index is 13.5. The highest BCUT2D eigenvalue weighted by atomic mass is 16.5. The number of aromatic nitrogens is 3. The summed E-state index contributed by atoms with van der Waals surface area (Å²) >= 11 is 0. The van der Waals surface area contributed by atoms with Crippen LogP contribution in [0.4, 0.5) is 0 Å². The number of pyridine rings is 1. The Morgan fingerprint density at radius 3 is 2.81 bits per heavy atom. The summed E-state index contributed by atoms with van der Waals surface area (Å²) in [5, 5.41) is 6.64. The van der Waals surface area contributed by atoms with Crippen LogP contribution < -0.4 is 0 Å². The van der Waals surface area contributed by atoms with Crippen LogP contribution in [0.1, 0.15) is 21.5 Å². The molecule has 0 N–H and O–H groups in total. The van der Waals surface area contributed by atoms with Crippen molar-refractivity contribution in [1.82, 2.24) is 19.7 Å². The maximum absolute atomic E-state index is 13.5. The van der Waals surface area contributed by atoms with Crippen molar-refractivity contribution in [2.75, 3.05) is 26.3 Å². The number of rotatable bonds is 5. The molecule has 162 valence electrons. The minimum Gasteiger partial charge on any atom is -0.379 e. The van der Waals surface area contributed by atoms with Crippen LogP contribution in [0.3, 0.4) is 0 Å². The lowest BCUT2D eigenvalue weighted by molar-refractivity contribution is 0.0736. The molecule has 0 bridgehead atoms. The Kier molecular flexibility index (Phi) is 5.94. The summed E-state index contributed by atoms with van der Waals surface area (Å²) in [6.45, 7) is 3.03. The minimum atomic E-state index is 0.0549. The van der Waals surface area contributed by atoms with Gasteiger partial charge in [-0.05, 0) is 35.1 Å². The standard InChI is InChI=1S/C26H26N4O2/c31-26(25-9-4-2-7-22(25)18-30-11-5-10-28-30)29-12-13-32-19-20(17-29)14-23-16-27-15-21-6-1-3-8-24(21)23/h1-11,15-16,20H,12-14,17-19H2/t20-/m0/s1. The Labute approximate surface area is 187 Å². The second-order valence-electron chi connectivity index (χ2n) is 8.28. The minimum absolute atomic E-state index is 0.0549. The van der Waals surface area contributed by atoms with E-state index in [1.165, 1.54) is 10.9 Å². The van der Waals surface area contributed by atoms with Gasteiger partial charge < -0.3 is 9.64 Å². The Morgan fingerprint density at radius 2 is 1.91 bits per heavy atom. The third-order valence-electron chi connectivity index (χ3n) is 6.02. The van der Waals surface area contributed by atoms with Gasteiger partial charge in [-0.2, -0.15) is 5.10 Å². The Balaban J connectivity index is 1.36. The fourth-order valence-corrected chi connectivity index (χ4v) is 4.45. The average Bonchev–Trinajstić information content (AvgIpc) is 3.23. The van der Waals surface area contributed by atoms with Crippen molar-refractivity contribution in [3.05, 3.63) is 96.1 Å². The van der Waals surface area contributed by atoms with Crippen molar-refractivity contribution in [3.63, 3.8) is 0 Å². The molecule has 0 radical (unpaired) electrons. The average molecular weight is 427 g/mol. The van der Waals surface area contributed by atoms with E-state index in [1.54, 1.807) is 6.20 Å². The molecule has 1 aliphatic heterocycles. The van der Waals surface area contributed by atoms with Crippen molar-refractivity contribution < 1.29 is 9.53 Å². The predicted octanol–water partition coefficient (Wildman–Crippen LogP) is 3.81. The number of hydrogen-bond acceptors (Lipinski definition) is 4. The van der Waals surface area contributed by atoms with Crippen LogP contribution >= 0.6 is 0 Å². The van der Waals surface area contributed by atoms with Gasteiger partial charge in [-0.25, -0.2) is 0 Å². The van der Waals surface area contributed by atoms with Crippen LogP contribution in [-0.4, -0.2) is 51.9 Å². The van der Waals surface area contributed by atoms with E-state index in [1.807, 2.05) is 64.6 Å². The molecule has 3 heterocycles. The molecule has 1 aliphatic rings. The molecule has 6 nitrogen and oxygen atoms in total. The molecule has 1 fully saturated rings. The van der Waals surface area contributed by atoms with Crippen LogP contribution in [-0.2, 0) is 17.7 Å². The van der Waals surface area contributed by atoms with Gasteiger partial charge in [-0.1, -0.05) is 42.5 Å². The number of fused-ring (bicyclic) bond motifs is 1. The van der Waals surface area contributed by atoms with Crippen molar-refractivity contribution in [1.29, 1.82) is 0 Å². The molecule has 5 rings (SSSR count). The van der Waals surface area contributed by atoms with Crippen LogP contribution in [0, 0.1) is 5.92 Å². The van der Waals surface area contributed by atoms with E-state index in [9.17, 15) is 4.79 Å². The summed E-state index contributed by atoms with van der Waals surface area (Å²) in [6.07, 6.45) is 8.33. The zero-order valence-corrected chi connectivity index (χ0v) is 17.9. The Bertz CT molecular complexity index is 1200. The van der Waals surface area contributed by atoms with E-state index in [2.05, 4.69) is 28.3 Å². The van der Waals surface area contributed by atoms with E-state index in [4.69, 9.17) is 4.74 Å². The zero-order valence-electron chi connectivity index (χ0n) is 17.9. The molecule has 1 amide bonds. The lowest BCUT2D eigenvalue weighted by Crippen LogP contribution is -2.37. The molecule has 1 atom stereocenters. The first-order valence-electron chi connectivity index (χ1n) is 11.0. The van der Waals surface area contributed by atoms with E-state index in [0.29, 0.717) is 32.8 Å². The highest BCUT2D eigenvalue weighted by Gasteiger charge is 2.25. The lowest BCUT2D eigenvalue weighted by Gasteiger charge is -2.25. The summed E-state index contributed by atoms with van der Waals surface area (Å²) in [6, 6.07) is 18.0. The monoisotopic (exact) mass is 426 g/mol. The fourth-order valence-electron chi connectivity index (χ4n) is 4.45. The van der Waals surface area contributed by atoms with Gasteiger partial charge in [0.25, 0.3) is 5.91 Å². The number of amides is 1. The largest absolute Gasteiger partial charge is 0.379 e. The van der Waals surface area contributed by atoms with Gasteiger partial charge in [0.1, 0.15) is 0 Å². The first-order valence-corrected chi connectivity index (χ1v) is 11.0. The van der Waals surface area contributed by atoms with Crippen molar-refractivity contribution in [3.8, 4) is 0 Å². The Morgan fingerprint density at radius 1 is 1.03 bits per heavy atom. The molecule has 0 unspecified atom stereocenters. The predicted molar refractivity (Wildman–Crippen MR) is 123 cm³/mol. The summed E-state index contributed by atoms with van der Waals surface area (Å²) in [5.74, 6) is 0.270. The molecule has 0 saturated carbocycles. The summed E-state index contributed by atoms with van der Waals surface area (Å²) in [4.78, 5) is 19.9. The van der Waals surface area contributed by atoms with Crippen molar-refractivity contribution in [2.24, 2.45) is 5.92 Å². The molecular weight excluding hydrogens is 400 g/mol. The number of ether oxygens (including phenoxy) is 1. The number of carbonyl (C=O) groups is 1. The molecule has 32 heavy (non-hydrogen) atoms. The van der Waals surface area contributed by atoms with Gasteiger partial charge in [-0.15, -0.1) is 0 Å². The summed E-state index contributed by atoms with van der Waals surface area (Å²) in [5.41, 5.74) is 2.90. The lowest BCUT2D eigenvalue weighted by atomic mass is 9.96. The number of nitrogens with zero attached hydrogens (tertiary/aromatic N) is 4. The third-order valence-corrected chi connectivity index (χ3v) is 6.02. The van der Waals surface area contributed by atoms with Gasteiger partial charge in [0.2, 0.25) is 0 Å². The second-order valence-corrected chi connectivity index (χ2v) is 8.28. The smallest absolute Gasteiger partial charge is 0.254 e. The first kappa shape index (κ1) is 20.4. The molecule has 6 heteroatoms. The van der Waals surface area contributed by atoms with Crippen molar-refractivity contribution in [2.45, 2.75) is 13.0 Å². The van der Waals surface area contributed by atoms with Gasteiger partial charge in [0.15, 0.2) is 0 Å². The van der Waals surface area contributed by atoms with Gasteiger partial charge in [0.05, 0.1) is 19.8 Å². The van der Waals surface area contributed by atoms with Crippen molar-refractivity contribution >= 4 is 16.7 Å². The van der Waals surface area contributed by atoms with Gasteiger partial charge in [0, 0.05) is 54.7 Å². The topological polar surface area (TPSA) is 60.2 Å². The van der Waals surface area contributed by atoms with E-state index < -0.39 is 0 Å². The molecule has 2 aromatic heterocycles. The fraction of sp³-hybridized carbons (Fsp3) is 0.269. The molecule has 0 spiro atoms. The highest BCUT2D eigenvalue weighted by Crippen LogP contribution is 2.23. The van der Waals surface area contributed by atoms with Gasteiger partial charge >= 0.3 is 0 Å². The van der Waals surface area contributed by atoms with E-state index >= 15 is 0 Å². The normalized spacial score (nSPS) is 16.8. The van der Waals surface area contributed by atoms with Gasteiger partial charge in [-0.3, -0.25) is 14.5 Å². The first-order chi connectivity index (χ1) is 15.8. The van der Waals surface area contributed by atoms with Crippen LogP contribution in [0.15, 0.2) is 79.4 Å². The third kappa shape index (κ3) is 4.41. The molecule has 4 aromatic rings. The van der Waals surface area contributed by atoms with Crippen LogP contribution in [0.25, 0.3) is 10.8 Å². The Hall–Kier alpha value is -3.51. The summed E-state index contributed by atoms with van der Waals surface area (Å²) in [7, 11) is 0. The quantitative estimate of drug-likeness (QED) is 0.487. The molecular formula is C26H26N4O2. The van der Waals surface area contributed by atoms with Crippen LogP contribution in [0.2, 0.25) is 0 Å². The van der Waals surface area contributed by atoms with E-state index in [-0.39, 0.29) is 11.8 Å². The molecule has 2 aromatic carbocycles. The SMILES string of the molecule is O=C(c1ccccc1Cn1cccn1)N1CCOC[C@@H](Cc2cncc3ccccc23)C1. The number of hydrogen-bond donors (Lipinski definition) is 0. The summed E-state index contributed by atoms with van der Waals surface area (Å²) < 4.78 is 7.74.